The number of rotatable bonds is 21. The largest absolute Gasteiger partial charge is 0.488 e. The number of hydrogen-bond acceptors (Lipinski definition) is 30. The predicted molar refractivity (Wildman–Crippen MR) is 476 cm³/mol. The van der Waals surface area contributed by atoms with Gasteiger partial charge in [0.2, 0.25) is 11.6 Å². The zero-order valence-corrected chi connectivity index (χ0v) is 75.7. The number of anilines is 7. The standard InChI is InChI=1S/2C13H21N3O.C12H19N3O2.2C12H17N3S.C11H17N5.C11H16N4S/c1-8(2)12-15-10-6-5-7-17-11(10)13(16-12)14-9(3)4;1-8(2)11-15-12(14-9(3)4)10-6-5-7-17-13(10)16-11;1-7(2)10-14-11(13-8(3)4)9-12(15-10)17-6-5-16-9;1-7(2)11-14-9-5-6-16-10(9)12(15-11)13-8(3)4;1-7(2)10-14-11(13-8(3)4)9-5-6-16-12(9)15-10;1-6(2)9-15-10-8(12-5-13-10)11(16-9)14-7(3)4;1-6(2)9-14-10-8(16-5-12-10)11(15-9)13-7(3)4/h2*8-9H,5-7H2,1-4H3,(H,14,15,16);7-8H,5-6H2,1-4H3,(H,13,14,15);2*5-8H,1-4H3,(H,13,14,15);5-7H,1-4H3,(H2,12,13,14,15,16);5-7H,1-4H3,(H,13,14,15). The van der Waals surface area contributed by atoms with E-state index in [4.69, 9.17) is 18.9 Å². The molecule has 3 aliphatic heterocycles. The van der Waals surface area contributed by atoms with Crippen LogP contribution in [0.3, 0.4) is 0 Å². The fourth-order valence-corrected chi connectivity index (χ4v) is 13.5. The second-order valence-corrected chi connectivity index (χ2v) is 35.5. The van der Waals surface area contributed by atoms with Gasteiger partial charge in [0, 0.05) is 83.7 Å². The quantitative estimate of drug-likeness (QED) is 0.0331. The third kappa shape index (κ3) is 26.6. The second kappa shape index (κ2) is 43.0. The molecule has 28 nitrogen and oxygen atoms in total. The molecule has 0 saturated carbocycles. The van der Waals surface area contributed by atoms with Gasteiger partial charge < -0.3 is 61.1 Å². The third-order valence-corrected chi connectivity index (χ3v) is 19.3. The molecule has 0 unspecified atom stereocenters. The van der Waals surface area contributed by atoms with Gasteiger partial charge in [-0.05, 0) is 146 Å². The SMILES string of the molecule is CC(C)Nc1nc(C(C)C)nc2c1CCCO2.CC(C)Nc1nc(C(C)C)nc2c1OCCC2.CC(C)Nc1nc(C(C)C)nc2c1OCCO2.CC(C)Nc1nc(C(C)C)nc2ccsc12.CC(C)Nc1nc(C(C)C)nc2nc[nH]c12.CC(C)Nc1nc(C(C)C)nc2ncsc12.CC(C)Nc1nc(C(C)C)nc2sccc12. The Labute approximate surface area is 693 Å². The summed E-state index contributed by atoms with van der Waals surface area (Å²) in [6.07, 6.45) is 5.73. The molecule has 14 heterocycles. The van der Waals surface area contributed by atoms with Crippen LogP contribution in [0.15, 0.2) is 34.7 Å². The van der Waals surface area contributed by atoms with Gasteiger partial charge in [-0.15, -0.1) is 34.0 Å². The summed E-state index contributed by atoms with van der Waals surface area (Å²) in [6, 6.07) is 6.61. The summed E-state index contributed by atoms with van der Waals surface area (Å²) in [5.74, 6) is 17.3. The Morgan fingerprint density at radius 2 is 0.739 bits per heavy atom. The van der Waals surface area contributed by atoms with Crippen LogP contribution in [0, 0.1) is 0 Å². The van der Waals surface area contributed by atoms with Crippen LogP contribution in [0.2, 0.25) is 0 Å². The Balaban J connectivity index is 0.000000168. The topological polar surface area (TPSA) is 343 Å². The number of H-pyrrole nitrogens is 1. The summed E-state index contributed by atoms with van der Waals surface area (Å²) in [6.45, 7) is 61.4. The van der Waals surface area contributed by atoms with E-state index in [0.717, 1.165) is 185 Å². The molecule has 626 valence electrons. The lowest BCUT2D eigenvalue weighted by Gasteiger charge is -2.22. The number of hydrogen-bond donors (Lipinski definition) is 8. The smallest absolute Gasteiger partial charge is 0.262 e. The molecule has 0 spiro atoms. The summed E-state index contributed by atoms with van der Waals surface area (Å²) in [7, 11) is 0. The van der Waals surface area contributed by atoms with E-state index >= 15 is 0 Å². The maximum Gasteiger partial charge on any atom is 0.262 e. The number of ether oxygens (including phenoxy) is 4. The Morgan fingerprint density at radius 3 is 1.32 bits per heavy atom. The fourth-order valence-electron chi connectivity index (χ4n) is 11.3. The van der Waals surface area contributed by atoms with E-state index in [1.165, 1.54) is 0 Å². The Bertz CT molecular complexity index is 4300. The van der Waals surface area contributed by atoms with Crippen molar-refractivity contribution in [2.24, 2.45) is 0 Å². The van der Waals surface area contributed by atoms with Crippen LogP contribution in [0.5, 0.6) is 23.3 Å². The summed E-state index contributed by atoms with van der Waals surface area (Å²) in [5, 5.41) is 28.7. The van der Waals surface area contributed by atoms with Crippen LogP contribution in [0.4, 0.5) is 40.7 Å². The number of nitrogens with zero attached hydrogens (tertiary/aromatic N) is 16. The molecule has 0 amide bonds. The van der Waals surface area contributed by atoms with E-state index in [9.17, 15) is 0 Å². The van der Waals surface area contributed by atoms with Crippen molar-refractivity contribution in [2.75, 3.05) is 63.6 Å². The molecule has 0 saturated heterocycles. The zero-order chi connectivity index (χ0) is 84.1. The van der Waals surface area contributed by atoms with Crippen LogP contribution < -0.4 is 56.2 Å². The van der Waals surface area contributed by atoms with Crippen LogP contribution in [-0.4, -0.2) is 153 Å². The lowest BCUT2D eigenvalue weighted by Crippen LogP contribution is -2.21. The predicted octanol–water partition coefficient (Wildman–Crippen LogP) is 20.3. The highest BCUT2D eigenvalue weighted by atomic mass is 32.1. The number of aromatic amines is 1. The first-order chi connectivity index (χ1) is 54.5. The molecular weight excluding hydrogens is 1510 g/mol. The maximum absolute atomic E-state index is 5.70. The van der Waals surface area contributed by atoms with Crippen molar-refractivity contribution < 1.29 is 18.9 Å². The highest BCUT2D eigenvalue weighted by Crippen LogP contribution is 2.38. The van der Waals surface area contributed by atoms with E-state index in [0.29, 0.717) is 103 Å². The van der Waals surface area contributed by atoms with E-state index in [1.54, 1.807) is 40.3 Å². The number of imidazole rings is 1. The first kappa shape index (κ1) is 91.2. The van der Waals surface area contributed by atoms with Crippen molar-refractivity contribution in [1.29, 1.82) is 0 Å². The molecule has 0 bridgehead atoms. The van der Waals surface area contributed by atoms with Gasteiger partial charge in [0.25, 0.3) is 5.88 Å². The minimum absolute atomic E-state index is 0.263. The zero-order valence-electron chi connectivity index (χ0n) is 73.2. The van der Waals surface area contributed by atoms with Gasteiger partial charge in [0.1, 0.15) is 92.3 Å². The lowest BCUT2D eigenvalue weighted by molar-refractivity contribution is 0.163. The molecule has 11 aromatic rings. The van der Waals surface area contributed by atoms with Gasteiger partial charge in [-0.25, -0.2) is 69.8 Å². The van der Waals surface area contributed by atoms with Gasteiger partial charge in [-0.1, -0.05) is 96.9 Å². The normalized spacial score (nSPS) is 12.9. The van der Waals surface area contributed by atoms with Crippen molar-refractivity contribution in [2.45, 2.75) is 303 Å². The molecule has 11 aromatic heterocycles. The molecular formula is C84H128N24O4S3. The number of thiazole rings is 1. The average Bonchev–Trinajstić information content (AvgIpc) is 1.76. The molecule has 3 aliphatic rings. The molecule has 31 heteroatoms. The van der Waals surface area contributed by atoms with Crippen molar-refractivity contribution >= 4 is 117 Å². The third-order valence-electron chi connectivity index (χ3n) is 16.7. The summed E-state index contributed by atoms with van der Waals surface area (Å²) >= 11 is 4.94. The summed E-state index contributed by atoms with van der Waals surface area (Å²) < 4.78 is 24.6. The Morgan fingerprint density at radius 1 is 0.330 bits per heavy atom. The number of fused-ring (bicyclic) bond motifs is 7. The number of aromatic nitrogens is 17. The Hall–Kier alpha value is -9.36. The first-order valence-electron chi connectivity index (χ1n) is 41.0. The highest BCUT2D eigenvalue weighted by molar-refractivity contribution is 7.18. The first-order valence-corrected chi connectivity index (χ1v) is 43.6. The van der Waals surface area contributed by atoms with E-state index in [-0.39, 0.29) is 5.92 Å². The minimum atomic E-state index is 0.263. The van der Waals surface area contributed by atoms with Gasteiger partial charge in [0.15, 0.2) is 34.5 Å². The molecule has 0 radical (unpaired) electrons. The molecule has 0 aromatic carbocycles. The summed E-state index contributed by atoms with van der Waals surface area (Å²) in [5.41, 5.74) is 7.45. The van der Waals surface area contributed by atoms with E-state index < -0.39 is 0 Å². The van der Waals surface area contributed by atoms with E-state index in [1.807, 2.05) is 5.51 Å². The van der Waals surface area contributed by atoms with Crippen LogP contribution >= 0.6 is 34.0 Å². The van der Waals surface area contributed by atoms with Crippen molar-refractivity contribution in [3.05, 3.63) is 86.8 Å². The molecule has 115 heavy (non-hydrogen) atoms. The number of thiophene rings is 2. The van der Waals surface area contributed by atoms with Crippen LogP contribution in [0.25, 0.3) is 41.9 Å². The molecule has 0 atom stereocenters. The fraction of sp³-hybridized carbons (Fsp3) is 0.595. The maximum atomic E-state index is 5.70. The van der Waals surface area contributed by atoms with Crippen LogP contribution in [-0.2, 0) is 12.8 Å². The number of nitrogens with one attached hydrogen (secondary N) is 8. The molecule has 14 rings (SSSR count). The Kier molecular flexibility index (Phi) is 34.1. The van der Waals surface area contributed by atoms with Gasteiger partial charge in [-0.3, -0.25) is 0 Å². The van der Waals surface area contributed by atoms with Gasteiger partial charge >= 0.3 is 0 Å². The van der Waals surface area contributed by atoms with Crippen molar-refractivity contribution in [1.82, 2.24) is 84.7 Å². The minimum Gasteiger partial charge on any atom is -0.488 e. The van der Waals surface area contributed by atoms with Gasteiger partial charge in [-0.2, -0.15) is 9.97 Å². The van der Waals surface area contributed by atoms with Crippen molar-refractivity contribution in [3.8, 4) is 23.3 Å². The average molecular weight is 1630 g/mol. The van der Waals surface area contributed by atoms with E-state index in [2.05, 4.69) is 339 Å². The lowest BCUT2D eigenvalue weighted by atomic mass is 10.1. The highest BCUT2D eigenvalue weighted by Gasteiger charge is 2.26. The van der Waals surface area contributed by atoms with Crippen molar-refractivity contribution in [3.63, 3.8) is 0 Å². The second-order valence-electron chi connectivity index (χ2n) is 32.9. The summed E-state index contributed by atoms with van der Waals surface area (Å²) in [4.78, 5) is 76.0. The van der Waals surface area contributed by atoms with Gasteiger partial charge in [0.05, 0.1) is 51.9 Å². The molecule has 0 aliphatic carbocycles. The van der Waals surface area contributed by atoms with Crippen LogP contribution in [0.1, 0.15) is 300 Å². The molecule has 8 N–H and O–H groups in total. The molecule has 0 fully saturated rings. The number of aryl methyl sites for hydroxylation is 1. The monoisotopic (exact) mass is 1630 g/mol.